The van der Waals surface area contributed by atoms with Gasteiger partial charge in [0.05, 0.1) is 10.6 Å². The average molecular weight is 253 g/mol. The van der Waals surface area contributed by atoms with Crippen LogP contribution < -0.4 is 5.73 Å². The first-order valence-electron chi connectivity index (χ1n) is 5.36. The smallest absolute Gasteiger partial charge is 0.261 e. The maximum absolute atomic E-state index is 5.81. The lowest BCUT2D eigenvalue weighted by molar-refractivity contribution is -0.0221. The highest BCUT2D eigenvalue weighted by Gasteiger charge is 2.27. The van der Waals surface area contributed by atoms with Crippen LogP contribution in [0.1, 0.15) is 26.6 Å². The van der Waals surface area contributed by atoms with Gasteiger partial charge in [-0.2, -0.15) is 4.98 Å². The van der Waals surface area contributed by atoms with Crippen molar-refractivity contribution in [3.05, 3.63) is 17.3 Å². The molecular weight excluding hydrogens is 238 g/mol. The zero-order valence-electron chi connectivity index (χ0n) is 10.1. The van der Waals surface area contributed by atoms with Crippen molar-refractivity contribution in [3.63, 3.8) is 0 Å². The number of aromatic nitrogens is 2. The third-order valence-electron chi connectivity index (χ3n) is 2.40. The monoisotopic (exact) mass is 253 g/mol. The number of hydrogen-bond donors (Lipinski definition) is 1. The van der Waals surface area contributed by atoms with E-state index in [4.69, 9.17) is 15.0 Å². The normalized spacial score (nSPS) is 11.9. The number of nitrogens with two attached hydrogens (primary N) is 1. The Kier molecular flexibility index (Phi) is 3.17. The first-order valence-corrected chi connectivity index (χ1v) is 6.24. The summed E-state index contributed by atoms with van der Waals surface area (Å²) in [6, 6.07) is 1.87. The van der Waals surface area contributed by atoms with E-state index in [0.717, 1.165) is 5.56 Å². The van der Waals surface area contributed by atoms with Crippen molar-refractivity contribution in [3.8, 4) is 11.5 Å². The summed E-state index contributed by atoms with van der Waals surface area (Å²) in [6.07, 6.45) is 0. The second kappa shape index (κ2) is 4.46. The molecule has 0 radical (unpaired) electrons. The fraction of sp³-hybridized carbons (Fsp3) is 0.455. The first-order chi connectivity index (χ1) is 8.04. The molecule has 0 aromatic carbocycles. The maximum Gasteiger partial charge on any atom is 0.261 e. The van der Waals surface area contributed by atoms with Gasteiger partial charge in [0, 0.05) is 6.61 Å². The van der Waals surface area contributed by atoms with Crippen molar-refractivity contribution in [2.75, 3.05) is 12.3 Å². The lowest BCUT2D eigenvalue weighted by atomic mass is 10.1. The molecule has 0 saturated heterocycles. The molecule has 0 fully saturated rings. The van der Waals surface area contributed by atoms with E-state index in [-0.39, 0.29) is 0 Å². The van der Waals surface area contributed by atoms with Gasteiger partial charge in [0.2, 0.25) is 5.82 Å². The maximum atomic E-state index is 5.81. The second-order valence-corrected chi connectivity index (χ2v) is 5.01. The molecule has 2 aromatic rings. The highest BCUT2D eigenvalue weighted by molar-refractivity contribution is 7.14. The van der Waals surface area contributed by atoms with E-state index in [1.807, 2.05) is 32.2 Å². The Bertz CT molecular complexity index is 504. The van der Waals surface area contributed by atoms with Crippen molar-refractivity contribution in [2.24, 2.45) is 0 Å². The molecule has 0 unspecified atom stereocenters. The van der Waals surface area contributed by atoms with Gasteiger partial charge in [0.1, 0.15) is 5.60 Å². The largest absolute Gasteiger partial charge is 0.390 e. The van der Waals surface area contributed by atoms with E-state index >= 15 is 0 Å². The fourth-order valence-corrected chi connectivity index (χ4v) is 2.13. The molecule has 2 N–H and O–H groups in total. The minimum absolute atomic E-state index is 0.437. The van der Waals surface area contributed by atoms with Gasteiger partial charge in [0.25, 0.3) is 5.89 Å². The van der Waals surface area contributed by atoms with Crippen LogP contribution in [0, 0.1) is 0 Å². The summed E-state index contributed by atoms with van der Waals surface area (Å²) in [5.41, 5.74) is 6.03. The number of hydrogen-bond acceptors (Lipinski definition) is 6. The Morgan fingerprint density at radius 1 is 1.53 bits per heavy atom. The van der Waals surface area contributed by atoms with Gasteiger partial charge in [-0.05, 0) is 32.2 Å². The van der Waals surface area contributed by atoms with Gasteiger partial charge in [0.15, 0.2) is 0 Å². The summed E-state index contributed by atoms with van der Waals surface area (Å²) in [4.78, 5) is 4.33. The zero-order chi connectivity index (χ0) is 12.5. The Balaban J connectivity index is 2.31. The molecule has 0 spiro atoms. The number of nitrogen functional groups attached to an aromatic ring is 1. The molecule has 0 aliphatic carbocycles. The van der Waals surface area contributed by atoms with Gasteiger partial charge >= 0.3 is 0 Å². The molecule has 0 amide bonds. The second-order valence-electron chi connectivity index (χ2n) is 4.06. The summed E-state index contributed by atoms with van der Waals surface area (Å²) in [5.74, 6) is 0.964. The van der Waals surface area contributed by atoms with Gasteiger partial charge in [-0.15, -0.1) is 11.3 Å². The molecule has 0 aliphatic heterocycles. The SMILES string of the molecule is CCOC(C)(C)c1noc(-c2ccsc2N)n1. The topological polar surface area (TPSA) is 74.2 Å². The van der Waals surface area contributed by atoms with Crippen LogP contribution in [0.15, 0.2) is 16.0 Å². The Morgan fingerprint density at radius 2 is 2.29 bits per heavy atom. The molecule has 2 aromatic heterocycles. The highest BCUT2D eigenvalue weighted by atomic mass is 32.1. The van der Waals surface area contributed by atoms with Crippen molar-refractivity contribution >= 4 is 16.3 Å². The number of nitrogens with zero attached hydrogens (tertiary/aromatic N) is 2. The van der Waals surface area contributed by atoms with Crippen LogP contribution in [-0.4, -0.2) is 16.7 Å². The summed E-state index contributed by atoms with van der Waals surface area (Å²) in [7, 11) is 0. The Hall–Kier alpha value is -1.40. The number of thiophene rings is 1. The van der Waals surface area contributed by atoms with Crippen LogP contribution in [0.3, 0.4) is 0 Å². The molecule has 2 rings (SSSR count). The van der Waals surface area contributed by atoms with Crippen LogP contribution in [-0.2, 0) is 10.3 Å². The number of anilines is 1. The summed E-state index contributed by atoms with van der Waals surface area (Å²) < 4.78 is 10.8. The van der Waals surface area contributed by atoms with E-state index in [2.05, 4.69) is 10.1 Å². The van der Waals surface area contributed by atoms with Gasteiger partial charge < -0.3 is 15.0 Å². The first kappa shape index (κ1) is 12.1. The van der Waals surface area contributed by atoms with Gasteiger partial charge in [-0.25, -0.2) is 0 Å². The minimum Gasteiger partial charge on any atom is -0.390 e. The molecule has 0 bridgehead atoms. The summed E-state index contributed by atoms with van der Waals surface area (Å²) >= 11 is 1.45. The van der Waals surface area contributed by atoms with E-state index < -0.39 is 5.60 Å². The van der Waals surface area contributed by atoms with Crippen LogP contribution in [0.4, 0.5) is 5.00 Å². The van der Waals surface area contributed by atoms with Crippen LogP contribution in [0.25, 0.3) is 11.5 Å². The molecule has 0 saturated carbocycles. The predicted octanol–water partition coefficient (Wildman–Crippen LogP) is 2.65. The third kappa shape index (κ3) is 2.32. The van der Waals surface area contributed by atoms with E-state index in [1.54, 1.807) is 0 Å². The molecule has 6 heteroatoms. The minimum atomic E-state index is -0.554. The van der Waals surface area contributed by atoms with E-state index in [1.165, 1.54) is 11.3 Å². The standard InChI is InChI=1S/C11H15N3O2S/c1-4-15-11(2,3)10-13-9(16-14-10)7-5-6-17-8(7)12/h5-6H,4,12H2,1-3H3. The van der Waals surface area contributed by atoms with Gasteiger partial charge in [-0.3, -0.25) is 0 Å². The predicted molar refractivity (Wildman–Crippen MR) is 66.7 cm³/mol. The third-order valence-corrected chi connectivity index (χ3v) is 3.14. The average Bonchev–Trinajstić information content (AvgIpc) is 2.85. The Morgan fingerprint density at radius 3 is 2.88 bits per heavy atom. The van der Waals surface area contributed by atoms with Crippen LogP contribution >= 0.6 is 11.3 Å². The van der Waals surface area contributed by atoms with Crippen molar-refractivity contribution in [1.29, 1.82) is 0 Å². The van der Waals surface area contributed by atoms with Gasteiger partial charge in [-0.1, -0.05) is 5.16 Å². The van der Waals surface area contributed by atoms with Crippen molar-refractivity contribution in [2.45, 2.75) is 26.4 Å². The molecule has 2 heterocycles. The van der Waals surface area contributed by atoms with E-state index in [9.17, 15) is 0 Å². The summed E-state index contributed by atoms with van der Waals surface area (Å²) in [6.45, 7) is 6.33. The lowest BCUT2D eigenvalue weighted by Crippen LogP contribution is -2.23. The molecular formula is C11H15N3O2S. The zero-order valence-corrected chi connectivity index (χ0v) is 10.9. The Labute approximate surface area is 104 Å². The quantitative estimate of drug-likeness (QED) is 0.906. The highest BCUT2D eigenvalue weighted by Crippen LogP contribution is 2.31. The summed E-state index contributed by atoms with van der Waals surface area (Å²) in [5, 5.41) is 6.51. The lowest BCUT2D eigenvalue weighted by Gasteiger charge is -2.19. The van der Waals surface area contributed by atoms with Crippen LogP contribution in [0.5, 0.6) is 0 Å². The number of rotatable bonds is 4. The molecule has 92 valence electrons. The molecule has 17 heavy (non-hydrogen) atoms. The van der Waals surface area contributed by atoms with Crippen LogP contribution in [0.2, 0.25) is 0 Å². The van der Waals surface area contributed by atoms with Crippen molar-refractivity contribution in [1.82, 2.24) is 10.1 Å². The fourth-order valence-electron chi connectivity index (χ4n) is 1.50. The molecule has 0 aliphatic rings. The van der Waals surface area contributed by atoms with Crippen molar-refractivity contribution < 1.29 is 9.26 Å². The molecule has 5 nitrogen and oxygen atoms in total. The molecule has 0 atom stereocenters. The number of ether oxygens (including phenoxy) is 1. The van der Waals surface area contributed by atoms with E-state index in [0.29, 0.717) is 23.3 Å².